The molecule has 9 heteroatoms. The molecule has 1 N–H and O–H groups in total. The molecule has 30 heavy (non-hydrogen) atoms. The molecule has 0 aliphatic carbocycles. The molecule has 8 nitrogen and oxygen atoms in total. The second-order valence-corrected chi connectivity index (χ2v) is 9.18. The normalized spacial score (nSPS) is 12.7. The molecule has 0 spiro atoms. The number of nitrogens with one attached hydrogen (secondary N) is 1. The van der Waals surface area contributed by atoms with Gasteiger partial charge in [0.1, 0.15) is 16.7 Å². The first-order valence-electron chi connectivity index (χ1n) is 9.58. The lowest BCUT2D eigenvalue weighted by molar-refractivity contribution is 0.330. The Morgan fingerprint density at radius 3 is 2.60 bits per heavy atom. The van der Waals surface area contributed by atoms with Gasteiger partial charge in [0.25, 0.3) is 0 Å². The maximum absolute atomic E-state index is 12.7. The van der Waals surface area contributed by atoms with Crippen molar-refractivity contribution >= 4 is 15.7 Å². The average Bonchev–Trinajstić information content (AvgIpc) is 3.19. The van der Waals surface area contributed by atoms with Crippen molar-refractivity contribution in [1.82, 2.24) is 14.5 Å². The summed E-state index contributed by atoms with van der Waals surface area (Å²) >= 11 is 0. The van der Waals surface area contributed by atoms with Crippen LogP contribution in [-0.4, -0.2) is 43.6 Å². The van der Waals surface area contributed by atoms with Crippen LogP contribution in [0.2, 0.25) is 0 Å². The number of hydrogen-bond acceptors (Lipinski definition) is 7. The molecule has 1 heterocycles. The third kappa shape index (κ3) is 4.63. The number of aromatic nitrogens is 2. The summed E-state index contributed by atoms with van der Waals surface area (Å²) in [6.45, 7) is 6.03. The van der Waals surface area contributed by atoms with E-state index in [-0.39, 0.29) is 10.9 Å². The van der Waals surface area contributed by atoms with E-state index < -0.39 is 10.0 Å². The zero-order valence-corrected chi connectivity index (χ0v) is 18.5. The van der Waals surface area contributed by atoms with E-state index in [1.165, 1.54) is 14.1 Å². The second-order valence-electron chi connectivity index (χ2n) is 7.06. The van der Waals surface area contributed by atoms with Crippen LogP contribution >= 0.6 is 0 Å². The van der Waals surface area contributed by atoms with Gasteiger partial charge in [-0.15, -0.1) is 10.2 Å². The summed E-state index contributed by atoms with van der Waals surface area (Å²) in [4.78, 5) is 0.0949. The van der Waals surface area contributed by atoms with Crippen LogP contribution < -0.4 is 10.1 Å². The highest BCUT2D eigenvalue weighted by Crippen LogP contribution is 2.31. The third-order valence-corrected chi connectivity index (χ3v) is 6.30. The predicted molar refractivity (Wildman–Crippen MR) is 115 cm³/mol. The van der Waals surface area contributed by atoms with Crippen molar-refractivity contribution in [2.75, 3.05) is 26.0 Å². The summed E-state index contributed by atoms with van der Waals surface area (Å²) in [6, 6.07) is 12.4. The summed E-state index contributed by atoms with van der Waals surface area (Å²) < 4.78 is 37.9. The van der Waals surface area contributed by atoms with Gasteiger partial charge in [-0.05, 0) is 51.1 Å². The number of hydrogen-bond donors (Lipinski definition) is 1. The molecule has 0 amide bonds. The van der Waals surface area contributed by atoms with Crippen LogP contribution in [0.25, 0.3) is 11.5 Å². The van der Waals surface area contributed by atoms with Gasteiger partial charge >= 0.3 is 0 Å². The molecule has 0 aliphatic heterocycles. The topological polar surface area (TPSA) is 97.6 Å². The average molecular weight is 431 g/mol. The Morgan fingerprint density at radius 2 is 1.93 bits per heavy atom. The summed E-state index contributed by atoms with van der Waals surface area (Å²) in [5.74, 6) is 1.14. The van der Waals surface area contributed by atoms with Crippen molar-refractivity contribution in [1.29, 1.82) is 0 Å². The van der Waals surface area contributed by atoms with E-state index in [1.54, 1.807) is 18.2 Å². The highest BCUT2D eigenvalue weighted by Gasteiger charge is 2.24. The minimum Gasteiger partial charge on any atom is -0.492 e. The van der Waals surface area contributed by atoms with Gasteiger partial charge in [0.05, 0.1) is 6.61 Å². The molecule has 0 fully saturated rings. The van der Waals surface area contributed by atoms with Crippen LogP contribution in [0.4, 0.5) is 5.69 Å². The molecule has 0 saturated carbocycles. The van der Waals surface area contributed by atoms with Crippen molar-refractivity contribution in [3.8, 4) is 17.2 Å². The van der Waals surface area contributed by atoms with Gasteiger partial charge in [0.2, 0.25) is 21.8 Å². The number of nitrogens with zero attached hydrogens (tertiary/aromatic N) is 3. The molecule has 3 aromatic rings. The molecule has 0 unspecified atom stereocenters. The fraction of sp³-hybridized carbons (Fsp3) is 0.333. The molecule has 1 atom stereocenters. The van der Waals surface area contributed by atoms with E-state index >= 15 is 0 Å². The Kier molecular flexibility index (Phi) is 6.42. The van der Waals surface area contributed by atoms with Crippen LogP contribution in [0.1, 0.15) is 31.3 Å². The fourth-order valence-electron chi connectivity index (χ4n) is 2.89. The van der Waals surface area contributed by atoms with Crippen LogP contribution in [0.5, 0.6) is 5.75 Å². The molecule has 3 rings (SSSR count). The first-order chi connectivity index (χ1) is 14.2. The molecule has 0 radical (unpaired) electrons. The maximum Gasteiger partial charge on any atom is 0.247 e. The standard InChI is InChI=1S/C21H26N4O4S/c1-6-28-18-11-10-17(13-19(18)30(26,27)25(4)5)22-15(3)20-23-24-21(29-20)16-9-7-8-14(2)12-16/h7-13,15,22H,6H2,1-5H3/t15-/m0/s1. The lowest BCUT2D eigenvalue weighted by Crippen LogP contribution is -2.23. The lowest BCUT2D eigenvalue weighted by Gasteiger charge is -2.18. The number of benzene rings is 2. The van der Waals surface area contributed by atoms with Crippen LogP contribution in [-0.2, 0) is 10.0 Å². The Bertz CT molecular complexity index is 1130. The minimum absolute atomic E-state index is 0.0949. The summed E-state index contributed by atoms with van der Waals surface area (Å²) in [5.41, 5.74) is 2.55. The van der Waals surface area contributed by atoms with Gasteiger partial charge in [0.15, 0.2) is 0 Å². The van der Waals surface area contributed by atoms with E-state index in [0.29, 0.717) is 29.8 Å². The zero-order valence-electron chi connectivity index (χ0n) is 17.7. The number of rotatable bonds is 8. The molecule has 160 valence electrons. The second kappa shape index (κ2) is 8.85. The van der Waals surface area contributed by atoms with Crippen molar-refractivity contribution in [3.63, 3.8) is 0 Å². The van der Waals surface area contributed by atoms with Gasteiger partial charge in [-0.2, -0.15) is 0 Å². The van der Waals surface area contributed by atoms with E-state index in [9.17, 15) is 8.42 Å². The number of ether oxygens (including phenoxy) is 1. The smallest absolute Gasteiger partial charge is 0.247 e. The number of sulfonamides is 1. The Hall–Kier alpha value is -2.91. The summed E-state index contributed by atoms with van der Waals surface area (Å²) in [6.07, 6.45) is 0. The van der Waals surface area contributed by atoms with E-state index in [0.717, 1.165) is 15.4 Å². The molecule has 2 aromatic carbocycles. The van der Waals surface area contributed by atoms with Crippen molar-refractivity contribution < 1.29 is 17.6 Å². The molecule has 0 bridgehead atoms. The highest BCUT2D eigenvalue weighted by molar-refractivity contribution is 7.89. The van der Waals surface area contributed by atoms with Gasteiger partial charge in [-0.1, -0.05) is 17.7 Å². The maximum atomic E-state index is 12.7. The highest BCUT2D eigenvalue weighted by atomic mass is 32.2. The summed E-state index contributed by atoms with van der Waals surface area (Å²) in [7, 11) is -0.701. The largest absolute Gasteiger partial charge is 0.492 e. The van der Waals surface area contributed by atoms with E-state index in [2.05, 4.69) is 15.5 Å². The van der Waals surface area contributed by atoms with Crippen LogP contribution in [0, 0.1) is 6.92 Å². The van der Waals surface area contributed by atoms with Crippen molar-refractivity contribution in [3.05, 3.63) is 53.9 Å². The number of aryl methyl sites for hydroxylation is 1. The predicted octanol–water partition coefficient (Wildman–Crippen LogP) is 3.87. The fourth-order valence-corrected chi connectivity index (χ4v) is 3.94. The first kappa shape index (κ1) is 21.8. The molecule has 0 aliphatic rings. The quantitative estimate of drug-likeness (QED) is 0.579. The minimum atomic E-state index is -3.67. The number of anilines is 1. The molecule has 0 saturated heterocycles. The van der Waals surface area contributed by atoms with Gasteiger partial charge in [0, 0.05) is 25.3 Å². The summed E-state index contributed by atoms with van der Waals surface area (Å²) in [5, 5.41) is 11.5. The Balaban J connectivity index is 1.86. The lowest BCUT2D eigenvalue weighted by atomic mass is 10.1. The van der Waals surface area contributed by atoms with Crippen LogP contribution in [0.3, 0.4) is 0 Å². The molecular formula is C21H26N4O4S. The van der Waals surface area contributed by atoms with Crippen molar-refractivity contribution in [2.24, 2.45) is 0 Å². The van der Waals surface area contributed by atoms with Gasteiger partial charge < -0.3 is 14.5 Å². The molecule has 1 aromatic heterocycles. The first-order valence-corrected chi connectivity index (χ1v) is 11.0. The SMILES string of the molecule is CCOc1ccc(N[C@@H](C)c2nnc(-c3cccc(C)c3)o2)cc1S(=O)(=O)N(C)C. The van der Waals surface area contributed by atoms with Crippen molar-refractivity contribution in [2.45, 2.75) is 31.7 Å². The Morgan fingerprint density at radius 1 is 1.17 bits per heavy atom. The van der Waals surface area contributed by atoms with E-state index in [1.807, 2.05) is 45.0 Å². The van der Waals surface area contributed by atoms with E-state index in [4.69, 9.17) is 9.15 Å². The van der Waals surface area contributed by atoms with Crippen LogP contribution in [0.15, 0.2) is 51.8 Å². The van der Waals surface area contributed by atoms with Gasteiger partial charge in [-0.3, -0.25) is 0 Å². The molecular weight excluding hydrogens is 404 g/mol. The van der Waals surface area contributed by atoms with Gasteiger partial charge in [-0.25, -0.2) is 12.7 Å². The third-order valence-electron chi connectivity index (χ3n) is 4.46. The monoisotopic (exact) mass is 430 g/mol. The Labute approximate surface area is 176 Å². The zero-order chi connectivity index (χ0) is 21.9.